The van der Waals surface area contributed by atoms with Crippen molar-refractivity contribution in [3.63, 3.8) is 0 Å². The second kappa shape index (κ2) is 7.92. The Balaban J connectivity index is 1.71. The fourth-order valence-corrected chi connectivity index (χ4v) is 3.13. The van der Waals surface area contributed by atoms with Gasteiger partial charge in [-0.15, -0.1) is 0 Å². The maximum Gasteiger partial charge on any atom is 0.198 e. The van der Waals surface area contributed by atoms with Gasteiger partial charge in [-0.05, 0) is 42.7 Å². The summed E-state index contributed by atoms with van der Waals surface area (Å²) in [5.41, 5.74) is 3.73. The first-order valence-corrected chi connectivity index (χ1v) is 8.62. The van der Waals surface area contributed by atoms with Gasteiger partial charge in [0.25, 0.3) is 0 Å². The zero-order valence-electron chi connectivity index (χ0n) is 15.1. The van der Waals surface area contributed by atoms with Crippen LogP contribution in [0.3, 0.4) is 0 Å². The first-order chi connectivity index (χ1) is 12.3. The summed E-state index contributed by atoms with van der Waals surface area (Å²) >= 11 is 0. The normalized spacial score (nSPS) is 13.6. The molecule has 132 valence electrons. The van der Waals surface area contributed by atoms with Crippen LogP contribution >= 0.6 is 0 Å². The number of aliphatic imine (C=N–C) groups is 1. The molecular formula is C20H25N3O2. The lowest BCUT2D eigenvalue weighted by molar-refractivity contribution is 0.310. The molecule has 25 heavy (non-hydrogen) atoms. The van der Waals surface area contributed by atoms with E-state index in [1.54, 1.807) is 7.11 Å². The van der Waals surface area contributed by atoms with Gasteiger partial charge in [0.15, 0.2) is 17.5 Å². The molecule has 1 N–H and O–H groups in total. The number of hydrogen-bond acceptors (Lipinski definition) is 3. The lowest BCUT2D eigenvalue weighted by Crippen LogP contribution is -2.40. The van der Waals surface area contributed by atoms with E-state index in [-0.39, 0.29) is 0 Å². The van der Waals surface area contributed by atoms with Gasteiger partial charge in [-0.25, -0.2) is 0 Å². The highest BCUT2D eigenvalue weighted by molar-refractivity contribution is 5.97. The summed E-state index contributed by atoms with van der Waals surface area (Å²) in [6.45, 7) is 4.21. The molecule has 0 unspecified atom stereocenters. The molecule has 1 heterocycles. The second-order valence-corrected chi connectivity index (χ2v) is 5.85. The van der Waals surface area contributed by atoms with Crippen molar-refractivity contribution in [2.24, 2.45) is 4.99 Å². The maximum atomic E-state index is 5.65. The van der Waals surface area contributed by atoms with Crippen molar-refractivity contribution in [1.82, 2.24) is 5.32 Å². The van der Waals surface area contributed by atoms with Crippen LogP contribution in [-0.4, -0.2) is 33.3 Å². The minimum atomic E-state index is 0.611. The molecule has 0 amide bonds. The summed E-state index contributed by atoms with van der Waals surface area (Å²) < 4.78 is 11.0. The highest BCUT2D eigenvalue weighted by Crippen LogP contribution is 2.29. The van der Waals surface area contributed by atoms with E-state index in [1.807, 2.05) is 32.2 Å². The van der Waals surface area contributed by atoms with Gasteiger partial charge in [0, 0.05) is 25.8 Å². The molecule has 0 spiro atoms. The third-order valence-electron chi connectivity index (χ3n) is 4.33. The van der Waals surface area contributed by atoms with Crippen LogP contribution in [-0.2, 0) is 13.0 Å². The molecule has 0 radical (unpaired) electrons. The molecule has 5 nitrogen and oxygen atoms in total. The van der Waals surface area contributed by atoms with Crippen molar-refractivity contribution < 1.29 is 9.47 Å². The van der Waals surface area contributed by atoms with Gasteiger partial charge in [0.2, 0.25) is 0 Å². The Bertz CT molecular complexity index is 758. The van der Waals surface area contributed by atoms with E-state index in [0.717, 1.165) is 36.0 Å². The predicted octanol–water partition coefficient (Wildman–Crippen LogP) is 3.23. The summed E-state index contributed by atoms with van der Waals surface area (Å²) in [5.74, 6) is 2.41. The number of benzene rings is 2. The fraction of sp³-hybridized carbons (Fsp3) is 0.350. The van der Waals surface area contributed by atoms with E-state index >= 15 is 0 Å². The third kappa shape index (κ3) is 3.71. The van der Waals surface area contributed by atoms with E-state index in [9.17, 15) is 0 Å². The Kier molecular flexibility index (Phi) is 5.43. The zero-order chi connectivity index (χ0) is 17.6. The molecule has 0 saturated heterocycles. The van der Waals surface area contributed by atoms with Crippen LogP contribution < -0.4 is 19.7 Å². The van der Waals surface area contributed by atoms with Crippen molar-refractivity contribution >= 4 is 11.6 Å². The maximum absolute atomic E-state index is 5.65. The van der Waals surface area contributed by atoms with Gasteiger partial charge < -0.3 is 19.7 Å². The number of ether oxygens (including phenoxy) is 2. The van der Waals surface area contributed by atoms with Crippen molar-refractivity contribution in [3.8, 4) is 11.5 Å². The first-order valence-electron chi connectivity index (χ1n) is 8.62. The monoisotopic (exact) mass is 339 g/mol. The predicted molar refractivity (Wildman–Crippen MR) is 102 cm³/mol. The molecule has 1 aliphatic heterocycles. The number of guanidine groups is 1. The second-order valence-electron chi connectivity index (χ2n) is 5.85. The zero-order valence-corrected chi connectivity index (χ0v) is 15.1. The summed E-state index contributed by atoms with van der Waals surface area (Å²) in [6.07, 6.45) is 1.05. The number of anilines is 1. The summed E-state index contributed by atoms with van der Waals surface area (Å²) in [4.78, 5) is 6.69. The van der Waals surface area contributed by atoms with Crippen molar-refractivity contribution in [3.05, 3.63) is 53.6 Å². The molecule has 0 aromatic heterocycles. The minimum Gasteiger partial charge on any atom is -0.493 e. The Labute approximate surface area is 149 Å². The lowest BCUT2D eigenvalue weighted by Gasteiger charge is -2.22. The molecule has 1 aliphatic rings. The van der Waals surface area contributed by atoms with Gasteiger partial charge in [-0.2, -0.15) is 0 Å². The van der Waals surface area contributed by atoms with Gasteiger partial charge in [-0.1, -0.05) is 24.3 Å². The van der Waals surface area contributed by atoms with Crippen molar-refractivity contribution in [1.29, 1.82) is 0 Å². The van der Waals surface area contributed by atoms with Crippen LogP contribution in [0, 0.1) is 0 Å². The number of methoxy groups -OCH3 is 1. The molecule has 0 saturated carbocycles. The van der Waals surface area contributed by atoms with Gasteiger partial charge in [0.05, 0.1) is 13.7 Å². The summed E-state index contributed by atoms with van der Waals surface area (Å²) in [5, 5.41) is 3.45. The number of rotatable bonds is 5. The summed E-state index contributed by atoms with van der Waals surface area (Å²) in [6, 6.07) is 14.5. The van der Waals surface area contributed by atoms with Crippen molar-refractivity contribution in [2.45, 2.75) is 19.9 Å². The van der Waals surface area contributed by atoms with Crippen LogP contribution in [0.2, 0.25) is 0 Å². The third-order valence-corrected chi connectivity index (χ3v) is 4.33. The van der Waals surface area contributed by atoms with Crippen LogP contribution in [0.25, 0.3) is 0 Å². The van der Waals surface area contributed by atoms with Crippen LogP contribution in [0.15, 0.2) is 47.5 Å². The van der Waals surface area contributed by atoms with Gasteiger partial charge >= 0.3 is 0 Å². The first kappa shape index (κ1) is 17.1. The number of hydrogen-bond donors (Lipinski definition) is 1. The molecule has 2 aromatic rings. The molecule has 0 fully saturated rings. The quantitative estimate of drug-likeness (QED) is 0.671. The minimum absolute atomic E-state index is 0.611. The van der Waals surface area contributed by atoms with Crippen LogP contribution in [0.5, 0.6) is 11.5 Å². The van der Waals surface area contributed by atoms with E-state index in [4.69, 9.17) is 9.47 Å². The summed E-state index contributed by atoms with van der Waals surface area (Å²) in [7, 11) is 3.48. The number of para-hydroxylation sites is 1. The Morgan fingerprint density at radius 2 is 2.04 bits per heavy atom. The number of nitrogens with one attached hydrogen (secondary N) is 1. The SMILES string of the molecule is CCOc1cc(CNC(=NC)N2CCc3ccccc32)ccc1OC. The topological polar surface area (TPSA) is 46.1 Å². The molecule has 3 rings (SSSR count). The standard InChI is InChI=1S/C20H25N3O2/c1-4-25-19-13-15(9-10-18(19)24-3)14-22-20(21-2)23-12-11-16-7-5-6-8-17(16)23/h5-10,13H,4,11-12,14H2,1-3H3,(H,21,22). The average Bonchev–Trinajstić information content (AvgIpc) is 3.07. The lowest BCUT2D eigenvalue weighted by atomic mass is 10.2. The largest absolute Gasteiger partial charge is 0.493 e. The van der Waals surface area contributed by atoms with Gasteiger partial charge in [-0.3, -0.25) is 4.99 Å². The Morgan fingerprint density at radius 3 is 2.80 bits per heavy atom. The van der Waals surface area contributed by atoms with Crippen molar-refractivity contribution in [2.75, 3.05) is 32.2 Å². The number of nitrogens with zero attached hydrogens (tertiary/aromatic N) is 2. The molecule has 0 aliphatic carbocycles. The van der Waals surface area contributed by atoms with Crippen LogP contribution in [0.4, 0.5) is 5.69 Å². The molecule has 0 bridgehead atoms. The van der Waals surface area contributed by atoms with Gasteiger partial charge in [0.1, 0.15) is 0 Å². The van der Waals surface area contributed by atoms with Crippen LogP contribution in [0.1, 0.15) is 18.1 Å². The average molecular weight is 339 g/mol. The van der Waals surface area contributed by atoms with E-state index in [0.29, 0.717) is 13.2 Å². The molecule has 5 heteroatoms. The Morgan fingerprint density at radius 1 is 1.20 bits per heavy atom. The molecular weight excluding hydrogens is 314 g/mol. The van der Waals surface area contributed by atoms with E-state index in [1.165, 1.54) is 11.3 Å². The molecule has 0 atom stereocenters. The van der Waals surface area contributed by atoms with E-state index in [2.05, 4.69) is 39.5 Å². The highest BCUT2D eigenvalue weighted by Gasteiger charge is 2.22. The molecule has 2 aromatic carbocycles. The fourth-order valence-electron chi connectivity index (χ4n) is 3.13. The highest BCUT2D eigenvalue weighted by atomic mass is 16.5. The smallest absolute Gasteiger partial charge is 0.198 e. The van der Waals surface area contributed by atoms with E-state index < -0.39 is 0 Å². The number of fused-ring (bicyclic) bond motifs is 1. The Hall–Kier alpha value is -2.69.